The van der Waals surface area contributed by atoms with Crippen molar-refractivity contribution in [2.24, 2.45) is 0 Å². The van der Waals surface area contributed by atoms with Crippen LogP contribution >= 0.6 is 0 Å². The van der Waals surface area contributed by atoms with E-state index in [-0.39, 0.29) is 23.9 Å². The first-order chi connectivity index (χ1) is 12.0. The van der Waals surface area contributed by atoms with Gasteiger partial charge in [0.1, 0.15) is 0 Å². The minimum Gasteiger partial charge on any atom is -0.342 e. The van der Waals surface area contributed by atoms with Crippen LogP contribution in [0.3, 0.4) is 0 Å². The number of rotatable bonds is 4. The van der Waals surface area contributed by atoms with Crippen molar-refractivity contribution >= 4 is 28.5 Å². The number of nitrogens with zero attached hydrogens (tertiary/aromatic N) is 1. The lowest BCUT2D eigenvalue weighted by molar-refractivity contribution is -0.131. The number of carbonyl (C=O) groups is 2. The maximum absolute atomic E-state index is 12.4. The summed E-state index contributed by atoms with van der Waals surface area (Å²) in [5.41, 5.74) is 3.51. The molecule has 0 saturated carbocycles. The van der Waals surface area contributed by atoms with Gasteiger partial charge < -0.3 is 20.2 Å². The Morgan fingerprint density at radius 3 is 2.80 bits per heavy atom. The van der Waals surface area contributed by atoms with E-state index in [1.165, 1.54) is 0 Å². The van der Waals surface area contributed by atoms with Crippen molar-refractivity contribution in [3.63, 3.8) is 0 Å². The average molecular weight is 344 g/mol. The van der Waals surface area contributed by atoms with E-state index in [4.69, 9.17) is 0 Å². The van der Waals surface area contributed by atoms with E-state index < -0.39 is 0 Å². The number of aromatic amines is 2. The molecule has 1 saturated heterocycles. The summed E-state index contributed by atoms with van der Waals surface area (Å²) in [6.07, 6.45) is 3.81. The Labute approximate surface area is 145 Å². The summed E-state index contributed by atoms with van der Waals surface area (Å²) in [5, 5.41) is 2.91. The third-order valence-corrected chi connectivity index (χ3v) is 4.88. The molecule has 0 bridgehead atoms. The molecule has 1 aromatic carbocycles. The number of nitrogens with one attached hydrogen (secondary N) is 3. The summed E-state index contributed by atoms with van der Waals surface area (Å²) >= 11 is 0. The highest BCUT2D eigenvalue weighted by atomic mass is 16.2. The second-order valence-electron chi connectivity index (χ2n) is 6.68. The van der Waals surface area contributed by atoms with E-state index in [1.807, 2.05) is 19.9 Å². The molecule has 1 aliphatic rings. The van der Waals surface area contributed by atoms with E-state index in [0.29, 0.717) is 29.7 Å². The predicted molar refractivity (Wildman–Crippen MR) is 96.7 cm³/mol. The van der Waals surface area contributed by atoms with Gasteiger partial charge in [-0.15, -0.1) is 0 Å². The van der Waals surface area contributed by atoms with E-state index >= 15 is 0 Å². The quantitative estimate of drug-likeness (QED) is 0.793. The topological polar surface area (TPSA) is 98.1 Å². The molecule has 1 aromatic heterocycles. The molecular formula is C18H24N4O3. The number of benzene rings is 1. The number of hydrogen-bond donors (Lipinski definition) is 3. The van der Waals surface area contributed by atoms with E-state index in [1.54, 1.807) is 4.90 Å². The van der Waals surface area contributed by atoms with E-state index in [0.717, 1.165) is 36.9 Å². The first kappa shape index (κ1) is 17.3. The predicted octanol–water partition coefficient (Wildman–Crippen LogP) is 2.20. The smallest absolute Gasteiger partial charge is 0.323 e. The van der Waals surface area contributed by atoms with Gasteiger partial charge in [0, 0.05) is 25.9 Å². The second kappa shape index (κ2) is 7.13. The summed E-state index contributed by atoms with van der Waals surface area (Å²) in [6, 6.07) is 1.88. The van der Waals surface area contributed by atoms with Crippen LogP contribution in [-0.4, -0.2) is 39.8 Å². The minimum atomic E-state index is -0.300. The summed E-state index contributed by atoms with van der Waals surface area (Å²) in [5.74, 6) is -0.0245. The third-order valence-electron chi connectivity index (χ3n) is 4.88. The van der Waals surface area contributed by atoms with Gasteiger partial charge in [0.05, 0.1) is 16.7 Å². The van der Waals surface area contributed by atoms with Gasteiger partial charge in [0.2, 0.25) is 11.8 Å². The maximum atomic E-state index is 12.4. The van der Waals surface area contributed by atoms with Gasteiger partial charge in [0.25, 0.3) is 0 Å². The first-order valence-corrected chi connectivity index (χ1v) is 8.75. The van der Waals surface area contributed by atoms with Crippen LogP contribution in [0.15, 0.2) is 10.9 Å². The van der Waals surface area contributed by atoms with Crippen molar-refractivity contribution in [3.05, 3.63) is 27.7 Å². The van der Waals surface area contributed by atoms with Gasteiger partial charge >= 0.3 is 5.69 Å². The molecular weight excluding hydrogens is 320 g/mol. The number of amides is 2. The van der Waals surface area contributed by atoms with Gasteiger partial charge in [0.15, 0.2) is 0 Å². The van der Waals surface area contributed by atoms with Crippen LogP contribution in [0.5, 0.6) is 0 Å². The molecule has 1 fully saturated rings. The maximum Gasteiger partial charge on any atom is 0.323 e. The number of anilines is 1. The molecule has 0 atom stereocenters. The highest BCUT2D eigenvalue weighted by molar-refractivity contribution is 6.01. The molecule has 25 heavy (non-hydrogen) atoms. The zero-order valence-electron chi connectivity index (χ0n) is 14.7. The Morgan fingerprint density at radius 2 is 2.00 bits per heavy atom. The molecule has 2 aromatic rings. The molecule has 0 radical (unpaired) electrons. The highest BCUT2D eigenvalue weighted by Crippen LogP contribution is 2.27. The lowest BCUT2D eigenvalue weighted by Crippen LogP contribution is -2.33. The fraction of sp³-hybridized carbons (Fsp3) is 0.500. The number of H-pyrrole nitrogens is 2. The van der Waals surface area contributed by atoms with E-state index in [2.05, 4.69) is 15.3 Å². The average Bonchev–Trinajstić information content (AvgIpc) is 2.80. The summed E-state index contributed by atoms with van der Waals surface area (Å²) < 4.78 is 0. The molecule has 7 nitrogen and oxygen atoms in total. The van der Waals surface area contributed by atoms with Gasteiger partial charge in [-0.3, -0.25) is 9.59 Å². The SMILES string of the molecule is Cc1cc2[nH]c(=O)[nH]c2c(NC(=O)CCN2CCCCCC2=O)c1C. The summed E-state index contributed by atoms with van der Waals surface area (Å²) in [7, 11) is 0. The van der Waals surface area contributed by atoms with Crippen molar-refractivity contribution in [1.29, 1.82) is 0 Å². The largest absolute Gasteiger partial charge is 0.342 e. The van der Waals surface area contributed by atoms with Crippen LogP contribution < -0.4 is 11.0 Å². The molecule has 0 unspecified atom stereocenters. The van der Waals surface area contributed by atoms with Crippen molar-refractivity contribution in [2.45, 2.75) is 46.0 Å². The van der Waals surface area contributed by atoms with Gasteiger partial charge in [-0.2, -0.15) is 0 Å². The Morgan fingerprint density at radius 1 is 1.20 bits per heavy atom. The Balaban J connectivity index is 1.72. The number of aryl methyl sites for hydroxylation is 1. The number of imidazole rings is 1. The Hall–Kier alpha value is -2.57. The van der Waals surface area contributed by atoms with Crippen molar-refractivity contribution in [2.75, 3.05) is 18.4 Å². The summed E-state index contributed by atoms with van der Waals surface area (Å²) in [4.78, 5) is 43.2. The fourth-order valence-electron chi connectivity index (χ4n) is 3.28. The number of hydrogen-bond acceptors (Lipinski definition) is 3. The first-order valence-electron chi connectivity index (χ1n) is 8.75. The van der Waals surface area contributed by atoms with Crippen LogP contribution in [0.4, 0.5) is 5.69 Å². The van der Waals surface area contributed by atoms with Crippen LogP contribution in [0.25, 0.3) is 11.0 Å². The zero-order chi connectivity index (χ0) is 18.0. The lowest BCUT2D eigenvalue weighted by atomic mass is 10.1. The molecule has 7 heteroatoms. The molecule has 3 N–H and O–H groups in total. The zero-order valence-corrected chi connectivity index (χ0v) is 14.7. The second-order valence-corrected chi connectivity index (χ2v) is 6.68. The van der Waals surface area contributed by atoms with Crippen LogP contribution in [-0.2, 0) is 9.59 Å². The molecule has 134 valence electrons. The molecule has 0 aliphatic carbocycles. The number of fused-ring (bicyclic) bond motifs is 1. The summed E-state index contributed by atoms with van der Waals surface area (Å²) in [6.45, 7) is 5.01. The normalized spacial score (nSPS) is 15.4. The van der Waals surface area contributed by atoms with Crippen molar-refractivity contribution in [1.82, 2.24) is 14.9 Å². The van der Waals surface area contributed by atoms with Gasteiger partial charge in [-0.1, -0.05) is 6.42 Å². The van der Waals surface area contributed by atoms with Crippen molar-refractivity contribution in [3.8, 4) is 0 Å². The van der Waals surface area contributed by atoms with Crippen LogP contribution in [0.1, 0.15) is 43.2 Å². The highest BCUT2D eigenvalue weighted by Gasteiger charge is 2.18. The van der Waals surface area contributed by atoms with E-state index in [9.17, 15) is 14.4 Å². The fourth-order valence-corrected chi connectivity index (χ4v) is 3.28. The molecule has 2 amide bonds. The molecule has 1 aliphatic heterocycles. The third kappa shape index (κ3) is 3.75. The number of aromatic nitrogens is 2. The lowest BCUT2D eigenvalue weighted by Gasteiger charge is -2.20. The molecule has 3 rings (SSSR count). The Kier molecular flexibility index (Phi) is 4.92. The van der Waals surface area contributed by atoms with Crippen LogP contribution in [0.2, 0.25) is 0 Å². The Bertz CT molecular complexity index is 865. The molecule has 2 heterocycles. The van der Waals surface area contributed by atoms with Gasteiger partial charge in [-0.05, 0) is 43.9 Å². The number of carbonyl (C=O) groups excluding carboxylic acids is 2. The van der Waals surface area contributed by atoms with Crippen molar-refractivity contribution < 1.29 is 9.59 Å². The monoisotopic (exact) mass is 344 g/mol. The van der Waals surface area contributed by atoms with Gasteiger partial charge in [-0.25, -0.2) is 4.79 Å². The minimum absolute atomic E-state index is 0.134. The number of likely N-dealkylation sites (tertiary alicyclic amines) is 1. The standard InChI is InChI=1S/C18H24N4O3/c1-11-10-13-17(21-18(25)19-13)16(12(11)2)20-14(23)7-9-22-8-5-3-4-6-15(22)24/h10H,3-9H2,1-2H3,(H,20,23)(H2,19,21,25). The molecule has 0 spiro atoms. The van der Waals surface area contributed by atoms with Crippen LogP contribution in [0, 0.1) is 13.8 Å².